The predicted octanol–water partition coefficient (Wildman–Crippen LogP) is 3.00. The Morgan fingerprint density at radius 3 is 2.40 bits per heavy atom. The normalized spacial score (nSPS) is 10.3. The molecule has 0 amide bonds. The van der Waals surface area contributed by atoms with Crippen LogP contribution in [0.15, 0.2) is 42.6 Å². The molecule has 1 aromatic heterocycles. The van der Waals surface area contributed by atoms with E-state index in [-0.39, 0.29) is 12.4 Å². The molecule has 2 aromatic rings. The lowest BCUT2D eigenvalue weighted by molar-refractivity contribution is 0.0983. The number of ketones is 1. The number of Topliss-reactive ketones (excluding diaryl/α,β-unsaturated/α-hetero) is 1. The summed E-state index contributed by atoms with van der Waals surface area (Å²) in [5.74, 6) is 1.31. The number of aliphatic hydroxyl groups is 1. The highest BCUT2D eigenvalue weighted by Crippen LogP contribution is 2.21. The second-order valence-corrected chi connectivity index (χ2v) is 4.38. The van der Waals surface area contributed by atoms with Crippen molar-refractivity contribution in [2.24, 2.45) is 0 Å². The van der Waals surface area contributed by atoms with Gasteiger partial charge in [-0.2, -0.15) is 0 Å². The van der Waals surface area contributed by atoms with Gasteiger partial charge in [0.15, 0.2) is 5.78 Å². The Labute approximate surface area is 118 Å². The second-order valence-electron chi connectivity index (χ2n) is 4.38. The SMILES string of the molecule is CCC(=O)c1ccc(Oc2ccc(CCO)cc2)cn1. The first-order chi connectivity index (χ1) is 9.72. The average molecular weight is 271 g/mol. The number of rotatable bonds is 6. The third-order valence-corrected chi connectivity index (χ3v) is 2.90. The highest BCUT2D eigenvalue weighted by molar-refractivity contribution is 5.93. The van der Waals surface area contributed by atoms with Gasteiger partial charge in [0.2, 0.25) is 0 Å². The van der Waals surface area contributed by atoms with Crippen molar-refractivity contribution in [3.8, 4) is 11.5 Å². The summed E-state index contributed by atoms with van der Waals surface area (Å²) in [4.78, 5) is 15.5. The summed E-state index contributed by atoms with van der Waals surface area (Å²) in [5.41, 5.74) is 1.51. The molecule has 4 nitrogen and oxygen atoms in total. The third kappa shape index (κ3) is 3.65. The average Bonchev–Trinajstić information content (AvgIpc) is 2.49. The van der Waals surface area contributed by atoms with Crippen LogP contribution in [0.2, 0.25) is 0 Å². The minimum atomic E-state index is 0.0184. The molecular formula is C16H17NO3. The summed E-state index contributed by atoms with van der Waals surface area (Å²) in [7, 11) is 0. The van der Waals surface area contributed by atoms with Gasteiger partial charge in [0.05, 0.1) is 6.20 Å². The van der Waals surface area contributed by atoms with Crippen molar-refractivity contribution in [3.63, 3.8) is 0 Å². The van der Waals surface area contributed by atoms with Crippen LogP contribution in [-0.4, -0.2) is 22.5 Å². The maximum absolute atomic E-state index is 11.5. The van der Waals surface area contributed by atoms with E-state index >= 15 is 0 Å². The van der Waals surface area contributed by atoms with Crippen LogP contribution in [-0.2, 0) is 6.42 Å². The van der Waals surface area contributed by atoms with E-state index in [0.717, 1.165) is 5.56 Å². The lowest BCUT2D eigenvalue weighted by atomic mass is 10.1. The lowest BCUT2D eigenvalue weighted by Gasteiger charge is -2.06. The quantitative estimate of drug-likeness (QED) is 0.820. The van der Waals surface area contributed by atoms with E-state index in [4.69, 9.17) is 9.84 Å². The topological polar surface area (TPSA) is 59.4 Å². The van der Waals surface area contributed by atoms with Gasteiger partial charge >= 0.3 is 0 Å². The zero-order chi connectivity index (χ0) is 14.4. The first kappa shape index (κ1) is 14.2. The Bertz CT molecular complexity index is 561. The smallest absolute Gasteiger partial charge is 0.180 e. The van der Waals surface area contributed by atoms with Crippen LogP contribution in [0.25, 0.3) is 0 Å². The summed E-state index contributed by atoms with van der Waals surface area (Å²) in [6.45, 7) is 1.94. The van der Waals surface area contributed by atoms with Crippen LogP contribution in [0.3, 0.4) is 0 Å². The van der Waals surface area contributed by atoms with Crippen LogP contribution < -0.4 is 4.74 Å². The van der Waals surface area contributed by atoms with Crippen LogP contribution in [0.4, 0.5) is 0 Å². The molecule has 4 heteroatoms. The molecule has 1 aromatic carbocycles. The molecule has 0 aliphatic rings. The first-order valence-electron chi connectivity index (χ1n) is 6.60. The number of nitrogens with zero attached hydrogens (tertiary/aromatic N) is 1. The van der Waals surface area contributed by atoms with Crippen molar-refractivity contribution in [3.05, 3.63) is 53.9 Å². The fourth-order valence-electron chi connectivity index (χ4n) is 1.78. The van der Waals surface area contributed by atoms with E-state index in [1.807, 2.05) is 31.2 Å². The zero-order valence-corrected chi connectivity index (χ0v) is 11.4. The molecule has 0 fully saturated rings. The minimum Gasteiger partial charge on any atom is -0.456 e. The van der Waals surface area contributed by atoms with Gasteiger partial charge < -0.3 is 9.84 Å². The van der Waals surface area contributed by atoms with Crippen molar-refractivity contribution >= 4 is 5.78 Å². The Morgan fingerprint density at radius 1 is 1.15 bits per heavy atom. The number of hydrogen-bond donors (Lipinski definition) is 1. The monoisotopic (exact) mass is 271 g/mol. The summed E-state index contributed by atoms with van der Waals surface area (Å²) < 4.78 is 5.64. The Kier molecular flexibility index (Phi) is 4.85. The predicted molar refractivity (Wildman–Crippen MR) is 76.2 cm³/mol. The molecule has 0 aliphatic heterocycles. The highest BCUT2D eigenvalue weighted by Gasteiger charge is 2.05. The van der Waals surface area contributed by atoms with Crippen molar-refractivity contribution in [2.75, 3.05) is 6.61 Å². The molecule has 0 atom stereocenters. The fourth-order valence-corrected chi connectivity index (χ4v) is 1.78. The summed E-state index contributed by atoms with van der Waals surface area (Å²) in [6.07, 6.45) is 2.62. The van der Waals surface area contributed by atoms with Gasteiger partial charge in [-0.3, -0.25) is 4.79 Å². The van der Waals surface area contributed by atoms with E-state index in [1.54, 1.807) is 18.3 Å². The summed E-state index contributed by atoms with van der Waals surface area (Å²) >= 11 is 0. The Morgan fingerprint density at radius 2 is 1.85 bits per heavy atom. The Hall–Kier alpha value is -2.20. The number of carbonyl (C=O) groups excluding carboxylic acids is 1. The van der Waals surface area contributed by atoms with Crippen molar-refractivity contribution < 1.29 is 14.6 Å². The number of hydrogen-bond acceptors (Lipinski definition) is 4. The van der Waals surface area contributed by atoms with Crippen LogP contribution in [0.1, 0.15) is 29.4 Å². The second kappa shape index (κ2) is 6.82. The molecular weight excluding hydrogens is 254 g/mol. The van der Waals surface area contributed by atoms with E-state index in [1.165, 1.54) is 0 Å². The van der Waals surface area contributed by atoms with Crippen LogP contribution >= 0.6 is 0 Å². The van der Waals surface area contributed by atoms with Gasteiger partial charge in [0, 0.05) is 13.0 Å². The number of carbonyl (C=O) groups is 1. The molecule has 104 valence electrons. The largest absolute Gasteiger partial charge is 0.456 e. The van der Waals surface area contributed by atoms with Crippen molar-refractivity contribution in [2.45, 2.75) is 19.8 Å². The number of aliphatic hydroxyl groups excluding tert-OH is 1. The molecule has 0 unspecified atom stereocenters. The molecule has 1 heterocycles. The van der Waals surface area contributed by atoms with Gasteiger partial charge in [0.1, 0.15) is 17.2 Å². The van der Waals surface area contributed by atoms with Gasteiger partial charge in [-0.15, -0.1) is 0 Å². The molecule has 0 spiro atoms. The molecule has 0 aliphatic carbocycles. The molecule has 0 saturated heterocycles. The van der Waals surface area contributed by atoms with Gasteiger partial charge in [-0.25, -0.2) is 4.98 Å². The number of ether oxygens (including phenoxy) is 1. The molecule has 0 saturated carbocycles. The van der Waals surface area contributed by atoms with E-state index in [9.17, 15) is 4.79 Å². The fraction of sp³-hybridized carbons (Fsp3) is 0.250. The molecule has 2 rings (SSSR count). The van der Waals surface area contributed by atoms with E-state index < -0.39 is 0 Å². The van der Waals surface area contributed by atoms with Gasteiger partial charge in [0.25, 0.3) is 0 Å². The summed E-state index contributed by atoms with van der Waals surface area (Å²) in [6, 6.07) is 10.9. The molecule has 1 N–H and O–H groups in total. The molecule has 20 heavy (non-hydrogen) atoms. The van der Waals surface area contributed by atoms with Crippen molar-refractivity contribution in [1.29, 1.82) is 0 Å². The number of pyridine rings is 1. The minimum absolute atomic E-state index is 0.0184. The maximum atomic E-state index is 11.5. The lowest BCUT2D eigenvalue weighted by Crippen LogP contribution is -1.99. The number of aromatic nitrogens is 1. The molecule has 0 bridgehead atoms. The van der Waals surface area contributed by atoms with E-state index in [2.05, 4.69) is 4.98 Å². The van der Waals surface area contributed by atoms with Crippen LogP contribution in [0.5, 0.6) is 11.5 Å². The van der Waals surface area contributed by atoms with Gasteiger partial charge in [-0.05, 0) is 36.2 Å². The Balaban J connectivity index is 2.04. The third-order valence-electron chi connectivity index (χ3n) is 2.90. The maximum Gasteiger partial charge on any atom is 0.180 e. The number of benzene rings is 1. The van der Waals surface area contributed by atoms with Gasteiger partial charge in [-0.1, -0.05) is 19.1 Å². The standard InChI is InChI=1S/C16H17NO3/c1-2-16(19)15-8-7-14(11-17-15)20-13-5-3-12(4-6-13)9-10-18/h3-8,11,18H,2,9-10H2,1H3. The van der Waals surface area contributed by atoms with Crippen molar-refractivity contribution in [1.82, 2.24) is 4.98 Å². The molecule has 0 radical (unpaired) electrons. The van der Waals surface area contributed by atoms with Crippen LogP contribution in [0, 0.1) is 0 Å². The summed E-state index contributed by atoms with van der Waals surface area (Å²) in [5, 5.41) is 8.85. The highest BCUT2D eigenvalue weighted by atomic mass is 16.5. The van der Waals surface area contributed by atoms with E-state index in [0.29, 0.717) is 30.0 Å². The first-order valence-corrected chi connectivity index (χ1v) is 6.60. The zero-order valence-electron chi connectivity index (χ0n) is 11.4.